The van der Waals surface area contributed by atoms with E-state index in [9.17, 15) is 4.79 Å². The van der Waals surface area contributed by atoms with Crippen LogP contribution in [0.1, 0.15) is 36.1 Å². The van der Waals surface area contributed by atoms with Crippen LogP contribution in [0.3, 0.4) is 0 Å². The molecular formula is C17H18N2O3. The Hall–Kier alpha value is -2.01. The van der Waals surface area contributed by atoms with Crippen molar-refractivity contribution in [1.82, 2.24) is 9.88 Å². The molecule has 0 radical (unpaired) electrons. The molecule has 3 heterocycles. The highest BCUT2D eigenvalue weighted by Gasteiger charge is 2.70. The number of hydrogen-bond acceptors (Lipinski definition) is 4. The van der Waals surface area contributed by atoms with Gasteiger partial charge in [-0.3, -0.25) is 4.90 Å². The van der Waals surface area contributed by atoms with Gasteiger partial charge in [0, 0.05) is 34.6 Å². The van der Waals surface area contributed by atoms with Crippen LogP contribution < -0.4 is 4.74 Å². The summed E-state index contributed by atoms with van der Waals surface area (Å²) in [4.78, 5) is 18.2. The number of nitrogens with one attached hydrogen (secondary N) is 1. The SMILES string of the molecule is COC(=O)C1c2[nH]c3ccc(OC)cc3c2C2CC23CCN13. The van der Waals surface area contributed by atoms with Crippen LogP contribution in [0.2, 0.25) is 0 Å². The average molecular weight is 298 g/mol. The minimum Gasteiger partial charge on any atom is -0.497 e. The zero-order valence-electron chi connectivity index (χ0n) is 12.7. The van der Waals surface area contributed by atoms with E-state index in [1.54, 1.807) is 7.11 Å². The molecule has 1 aliphatic carbocycles. The lowest BCUT2D eigenvalue weighted by molar-refractivity contribution is -0.153. The monoisotopic (exact) mass is 298 g/mol. The molecule has 1 spiro atoms. The van der Waals surface area contributed by atoms with Crippen molar-refractivity contribution in [3.05, 3.63) is 29.5 Å². The normalized spacial score (nSPS) is 31.7. The van der Waals surface area contributed by atoms with Crippen LogP contribution in [0.15, 0.2) is 18.2 Å². The second kappa shape index (κ2) is 3.84. The number of carbonyl (C=O) groups excluding carboxylic acids is 1. The number of nitrogens with zero attached hydrogens (tertiary/aromatic N) is 1. The predicted octanol–water partition coefficient (Wildman–Crippen LogP) is 2.34. The van der Waals surface area contributed by atoms with Crippen molar-refractivity contribution in [2.24, 2.45) is 0 Å². The van der Waals surface area contributed by atoms with Crippen molar-refractivity contribution >= 4 is 16.9 Å². The van der Waals surface area contributed by atoms with E-state index >= 15 is 0 Å². The minimum atomic E-state index is -0.286. The minimum absolute atomic E-state index is 0.163. The lowest BCUT2D eigenvalue weighted by Crippen LogP contribution is -2.56. The van der Waals surface area contributed by atoms with E-state index in [4.69, 9.17) is 9.47 Å². The third-order valence-electron chi connectivity index (χ3n) is 5.84. The highest BCUT2D eigenvalue weighted by molar-refractivity contribution is 5.91. The summed E-state index contributed by atoms with van der Waals surface area (Å²) in [7, 11) is 3.16. The highest BCUT2D eigenvalue weighted by Crippen LogP contribution is 2.69. The summed E-state index contributed by atoms with van der Waals surface area (Å²) in [6, 6.07) is 5.78. The molecular weight excluding hydrogens is 280 g/mol. The second-order valence-electron chi connectivity index (χ2n) is 6.59. The number of ether oxygens (including phenoxy) is 2. The number of carbonyl (C=O) groups is 1. The first-order valence-corrected chi connectivity index (χ1v) is 7.73. The van der Waals surface area contributed by atoms with E-state index in [-0.39, 0.29) is 17.6 Å². The van der Waals surface area contributed by atoms with E-state index in [2.05, 4.69) is 16.0 Å². The van der Waals surface area contributed by atoms with Crippen molar-refractivity contribution in [3.63, 3.8) is 0 Å². The fraction of sp³-hybridized carbons (Fsp3) is 0.471. The van der Waals surface area contributed by atoms with Gasteiger partial charge in [0.25, 0.3) is 0 Å². The van der Waals surface area contributed by atoms with Crippen LogP contribution in [0, 0.1) is 0 Å². The molecule has 5 nitrogen and oxygen atoms in total. The van der Waals surface area contributed by atoms with Gasteiger partial charge >= 0.3 is 5.97 Å². The fourth-order valence-corrected chi connectivity index (χ4v) is 4.62. The molecule has 2 fully saturated rings. The Kier molecular flexibility index (Phi) is 2.19. The summed E-state index contributed by atoms with van der Waals surface area (Å²) in [6.45, 7) is 0.981. The number of hydrogen-bond donors (Lipinski definition) is 1. The Morgan fingerprint density at radius 1 is 1.41 bits per heavy atom. The van der Waals surface area contributed by atoms with Gasteiger partial charge in [0.1, 0.15) is 11.8 Å². The summed E-state index contributed by atoms with van der Waals surface area (Å²) >= 11 is 0. The average Bonchev–Trinajstić information content (AvgIpc) is 3.20. The molecule has 2 aliphatic heterocycles. The highest BCUT2D eigenvalue weighted by atomic mass is 16.5. The van der Waals surface area contributed by atoms with Crippen LogP contribution in [0.5, 0.6) is 5.75 Å². The number of benzene rings is 1. The molecule has 1 saturated heterocycles. The summed E-state index contributed by atoms with van der Waals surface area (Å²) in [5.74, 6) is 1.23. The van der Waals surface area contributed by atoms with Crippen molar-refractivity contribution < 1.29 is 14.3 Å². The smallest absolute Gasteiger partial charge is 0.329 e. The van der Waals surface area contributed by atoms with Gasteiger partial charge in [0.15, 0.2) is 0 Å². The van der Waals surface area contributed by atoms with E-state index < -0.39 is 0 Å². The first-order valence-electron chi connectivity index (χ1n) is 7.73. The Morgan fingerprint density at radius 2 is 2.27 bits per heavy atom. The first-order chi connectivity index (χ1) is 10.7. The van der Waals surface area contributed by atoms with Crippen molar-refractivity contribution in [1.29, 1.82) is 0 Å². The molecule has 0 bridgehead atoms. The predicted molar refractivity (Wildman–Crippen MR) is 81.0 cm³/mol. The number of H-pyrrole nitrogens is 1. The molecule has 114 valence electrons. The number of esters is 1. The molecule has 5 rings (SSSR count). The molecule has 3 atom stereocenters. The number of rotatable bonds is 2. The molecule has 5 heteroatoms. The van der Waals surface area contributed by atoms with Crippen LogP contribution in [0.4, 0.5) is 0 Å². The maximum Gasteiger partial charge on any atom is 0.329 e. The van der Waals surface area contributed by atoms with Gasteiger partial charge in [-0.25, -0.2) is 4.79 Å². The van der Waals surface area contributed by atoms with Gasteiger partial charge in [-0.1, -0.05) is 0 Å². The fourth-order valence-electron chi connectivity index (χ4n) is 4.62. The maximum absolute atomic E-state index is 12.4. The molecule has 0 amide bonds. The zero-order valence-corrected chi connectivity index (χ0v) is 12.7. The van der Waals surface area contributed by atoms with E-state index in [1.165, 1.54) is 24.5 Å². The molecule has 1 saturated carbocycles. The number of aromatic nitrogens is 1. The van der Waals surface area contributed by atoms with Crippen molar-refractivity contribution in [2.45, 2.75) is 30.3 Å². The Labute approximate surface area is 128 Å². The van der Waals surface area contributed by atoms with Crippen LogP contribution in [0.25, 0.3) is 10.9 Å². The lowest BCUT2D eigenvalue weighted by atomic mass is 9.84. The summed E-state index contributed by atoms with van der Waals surface area (Å²) < 4.78 is 10.4. The second-order valence-corrected chi connectivity index (χ2v) is 6.59. The largest absolute Gasteiger partial charge is 0.497 e. The Morgan fingerprint density at radius 3 is 2.95 bits per heavy atom. The lowest BCUT2D eigenvalue weighted by Gasteiger charge is -2.49. The topological polar surface area (TPSA) is 54.6 Å². The van der Waals surface area contributed by atoms with Crippen molar-refractivity contribution in [2.75, 3.05) is 20.8 Å². The van der Waals surface area contributed by atoms with Crippen LogP contribution in [-0.2, 0) is 9.53 Å². The molecule has 1 N–H and O–H groups in total. The van der Waals surface area contributed by atoms with E-state index in [0.717, 1.165) is 29.9 Å². The molecule has 3 unspecified atom stereocenters. The maximum atomic E-state index is 12.4. The van der Waals surface area contributed by atoms with E-state index in [0.29, 0.717) is 5.92 Å². The third kappa shape index (κ3) is 1.27. The summed E-state index contributed by atoms with van der Waals surface area (Å²) in [5, 5.41) is 1.19. The molecule has 1 aromatic heterocycles. The molecule has 22 heavy (non-hydrogen) atoms. The van der Waals surface area contributed by atoms with E-state index in [1.807, 2.05) is 12.1 Å². The Bertz CT molecular complexity index is 812. The van der Waals surface area contributed by atoms with Crippen LogP contribution >= 0.6 is 0 Å². The molecule has 1 aromatic carbocycles. The third-order valence-corrected chi connectivity index (χ3v) is 5.84. The van der Waals surface area contributed by atoms with Gasteiger partial charge in [0.05, 0.1) is 14.2 Å². The number of fused-ring (bicyclic) bond motifs is 4. The number of methoxy groups -OCH3 is 2. The van der Waals surface area contributed by atoms with Gasteiger partial charge < -0.3 is 14.5 Å². The van der Waals surface area contributed by atoms with Gasteiger partial charge in [-0.2, -0.15) is 0 Å². The van der Waals surface area contributed by atoms with Crippen molar-refractivity contribution in [3.8, 4) is 5.75 Å². The standard InChI is InChI=1S/C17H18N2O3/c1-21-9-3-4-12-10(7-9)13-11-8-17(11)5-6-19(17)15(14(13)18-12)16(20)22-2/h3-4,7,11,15,18H,5-6,8H2,1-2H3. The summed E-state index contributed by atoms with van der Waals surface area (Å²) in [6.07, 6.45) is 2.33. The van der Waals surface area contributed by atoms with Crippen LogP contribution in [-0.4, -0.2) is 42.2 Å². The zero-order chi connectivity index (χ0) is 15.1. The van der Waals surface area contributed by atoms with Gasteiger partial charge in [-0.15, -0.1) is 0 Å². The first kappa shape index (κ1) is 12.5. The number of aromatic amines is 1. The molecule has 2 aromatic rings. The van der Waals surface area contributed by atoms with Gasteiger partial charge in [0.2, 0.25) is 0 Å². The quantitative estimate of drug-likeness (QED) is 0.865. The van der Waals surface area contributed by atoms with Gasteiger partial charge in [-0.05, 0) is 36.6 Å². The molecule has 3 aliphatic rings. The summed E-state index contributed by atoms with van der Waals surface area (Å²) in [5.41, 5.74) is 3.61. The Balaban J connectivity index is 1.76.